The lowest BCUT2D eigenvalue weighted by molar-refractivity contribution is 0.0734. The Kier molecular flexibility index (Phi) is 6.82. The number of carbonyl (C=O) groups is 1. The van der Waals surface area contributed by atoms with Crippen LogP contribution in [0.2, 0.25) is 5.02 Å². The van der Waals surface area contributed by atoms with Crippen LogP contribution in [0.15, 0.2) is 77.8 Å². The molecule has 0 heterocycles. The number of carbonyl (C=O) groups excluding carboxylic acids is 1. The Hall–Kier alpha value is -3.11. The summed E-state index contributed by atoms with van der Waals surface area (Å²) in [6, 6.07) is 21.3. The van der Waals surface area contributed by atoms with Gasteiger partial charge in [0.05, 0.1) is 17.9 Å². The summed E-state index contributed by atoms with van der Waals surface area (Å²) in [6.07, 6.45) is 2.67. The second-order valence-electron chi connectivity index (χ2n) is 6.07. The fraction of sp³-hybridized carbons (Fsp3) is 0.130. The van der Waals surface area contributed by atoms with Gasteiger partial charge in [0.2, 0.25) is 0 Å². The van der Waals surface area contributed by atoms with Gasteiger partial charge >= 0.3 is 5.97 Å². The minimum Gasteiger partial charge on any atom is -0.494 e. The van der Waals surface area contributed by atoms with Crippen LogP contribution in [0.4, 0.5) is 5.69 Å². The molecule has 0 aliphatic heterocycles. The first-order chi connectivity index (χ1) is 13.6. The zero-order valence-corrected chi connectivity index (χ0v) is 16.2. The van der Waals surface area contributed by atoms with Gasteiger partial charge in [-0.05, 0) is 84.8 Å². The van der Waals surface area contributed by atoms with Crippen LogP contribution < -0.4 is 9.47 Å². The van der Waals surface area contributed by atoms with Crippen molar-refractivity contribution in [3.63, 3.8) is 0 Å². The van der Waals surface area contributed by atoms with Crippen LogP contribution in [0.1, 0.15) is 29.3 Å². The predicted molar refractivity (Wildman–Crippen MR) is 112 cm³/mol. The minimum absolute atomic E-state index is 0.412. The first-order valence-electron chi connectivity index (χ1n) is 8.99. The monoisotopic (exact) mass is 393 g/mol. The molecule has 3 rings (SSSR count). The van der Waals surface area contributed by atoms with E-state index >= 15 is 0 Å². The van der Waals surface area contributed by atoms with Gasteiger partial charge in [-0.1, -0.05) is 18.5 Å². The maximum atomic E-state index is 12.3. The lowest BCUT2D eigenvalue weighted by Crippen LogP contribution is -2.08. The Bertz CT molecular complexity index is 933. The zero-order valence-electron chi connectivity index (χ0n) is 15.5. The number of hydrogen-bond donors (Lipinski definition) is 0. The first kappa shape index (κ1) is 19.6. The van der Waals surface area contributed by atoms with Crippen LogP contribution >= 0.6 is 11.6 Å². The first-order valence-corrected chi connectivity index (χ1v) is 9.36. The molecule has 4 nitrogen and oxygen atoms in total. The predicted octanol–water partition coefficient (Wildman–Crippen LogP) is 6.10. The third-order valence-corrected chi connectivity index (χ3v) is 4.09. The second-order valence-corrected chi connectivity index (χ2v) is 6.50. The van der Waals surface area contributed by atoms with Gasteiger partial charge < -0.3 is 9.47 Å². The third-order valence-electron chi connectivity index (χ3n) is 3.84. The van der Waals surface area contributed by atoms with Crippen molar-refractivity contribution in [3.8, 4) is 11.5 Å². The number of benzene rings is 3. The van der Waals surface area contributed by atoms with Gasteiger partial charge in [0.1, 0.15) is 11.5 Å². The van der Waals surface area contributed by atoms with Crippen molar-refractivity contribution in [2.24, 2.45) is 4.99 Å². The molecule has 0 aromatic heterocycles. The highest BCUT2D eigenvalue weighted by Crippen LogP contribution is 2.18. The van der Waals surface area contributed by atoms with Gasteiger partial charge in [-0.15, -0.1) is 0 Å². The molecule has 0 saturated heterocycles. The van der Waals surface area contributed by atoms with Gasteiger partial charge in [-0.3, -0.25) is 4.99 Å². The van der Waals surface area contributed by atoms with Crippen molar-refractivity contribution in [1.29, 1.82) is 0 Å². The summed E-state index contributed by atoms with van der Waals surface area (Å²) in [6.45, 7) is 2.69. The smallest absolute Gasteiger partial charge is 0.343 e. The molecular weight excluding hydrogens is 374 g/mol. The Balaban J connectivity index is 1.58. The molecule has 3 aromatic carbocycles. The summed E-state index contributed by atoms with van der Waals surface area (Å²) >= 11 is 5.86. The molecule has 5 heteroatoms. The molecule has 0 amide bonds. The van der Waals surface area contributed by atoms with Crippen LogP contribution in [-0.4, -0.2) is 18.8 Å². The third kappa shape index (κ3) is 5.69. The fourth-order valence-corrected chi connectivity index (χ4v) is 2.50. The SMILES string of the molecule is CCCOc1ccc(C(=O)Oc2ccc(C=Nc3ccc(Cl)cc3)cc2)cc1. The summed E-state index contributed by atoms with van der Waals surface area (Å²) in [5.41, 5.74) is 2.18. The van der Waals surface area contributed by atoms with E-state index in [0.29, 0.717) is 22.9 Å². The molecule has 142 valence electrons. The summed E-state index contributed by atoms with van der Waals surface area (Å²) in [5.74, 6) is 0.798. The van der Waals surface area contributed by atoms with Gasteiger partial charge in [-0.25, -0.2) is 4.79 Å². The molecule has 0 fully saturated rings. The van der Waals surface area contributed by atoms with Crippen LogP contribution in [0.5, 0.6) is 11.5 Å². The molecule has 0 radical (unpaired) electrons. The van der Waals surface area contributed by atoms with Crippen molar-refractivity contribution in [3.05, 3.63) is 88.9 Å². The Labute approximate surface area is 169 Å². The number of nitrogens with zero attached hydrogens (tertiary/aromatic N) is 1. The van der Waals surface area contributed by atoms with Gasteiger partial charge in [0.15, 0.2) is 0 Å². The van der Waals surface area contributed by atoms with E-state index in [1.807, 2.05) is 31.2 Å². The highest BCUT2D eigenvalue weighted by Gasteiger charge is 2.08. The summed E-state index contributed by atoms with van der Waals surface area (Å²) < 4.78 is 10.9. The maximum Gasteiger partial charge on any atom is 0.343 e. The molecule has 0 atom stereocenters. The molecule has 0 N–H and O–H groups in total. The largest absolute Gasteiger partial charge is 0.494 e. The summed E-state index contributed by atoms with van der Waals surface area (Å²) in [7, 11) is 0. The lowest BCUT2D eigenvalue weighted by atomic mass is 10.2. The molecule has 3 aromatic rings. The quantitative estimate of drug-likeness (QED) is 0.277. The van der Waals surface area contributed by atoms with Crippen molar-refractivity contribution in [2.75, 3.05) is 6.61 Å². The van der Waals surface area contributed by atoms with Crippen molar-refractivity contribution in [1.82, 2.24) is 0 Å². The highest BCUT2D eigenvalue weighted by atomic mass is 35.5. The molecule has 0 saturated carbocycles. The van der Waals surface area contributed by atoms with Crippen molar-refractivity contribution >= 4 is 29.5 Å². The number of ether oxygens (including phenoxy) is 2. The van der Waals surface area contributed by atoms with Gasteiger partial charge in [0.25, 0.3) is 0 Å². The highest BCUT2D eigenvalue weighted by molar-refractivity contribution is 6.30. The van der Waals surface area contributed by atoms with Crippen molar-refractivity contribution in [2.45, 2.75) is 13.3 Å². The number of aliphatic imine (C=N–C) groups is 1. The summed E-state index contributed by atoms with van der Waals surface area (Å²) in [5, 5.41) is 0.674. The van der Waals surface area contributed by atoms with E-state index in [0.717, 1.165) is 23.4 Å². The number of halogens is 1. The molecule has 0 bridgehead atoms. The van der Waals surface area contributed by atoms with Gasteiger partial charge in [0, 0.05) is 11.2 Å². The van der Waals surface area contributed by atoms with Crippen LogP contribution in [0, 0.1) is 0 Å². The van der Waals surface area contributed by atoms with E-state index < -0.39 is 5.97 Å². The van der Waals surface area contributed by atoms with Crippen LogP contribution in [-0.2, 0) is 0 Å². The molecule has 0 aliphatic carbocycles. The summed E-state index contributed by atoms with van der Waals surface area (Å²) in [4.78, 5) is 16.6. The van der Waals surface area contributed by atoms with E-state index in [2.05, 4.69) is 4.99 Å². The van der Waals surface area contributed by atoms with Crippen molar-refractivity contribution < 1.29 is 14.3 Å². The Morgan fingerprint density at radius 1 is 0.929 bits per heavy atom. The fourth-order valence-electron chi connectivity index (χ4n) is 2.37. The second kappa shape index (κ2) is 9.72. The maximum absolute atomic E-state index is 12.3. The average Bonchev–Trinajstić information content (AvgIpc) is 2.73. The standard InChI is InChI=1S/C23H20ClNO3/c1-2-15-27-21-13-5-18(6-14-21)23(26)28-22-11-3-17(4-12-22)16-25-20-9-7-19(24)8-10-20/h3-14,16H,2,15H2,1H3. The molecule has 0 spiro atoms. The van der Waals surface area contributed by atoms with E-state index in [1.165, 1.54) is 0 Å². The van der Waals surface area contributed by atoms with E-state index in [1.54, 1.807) is 54.7 Å². The van der Waals surface area contributed by atoms with Gasteiger partial charge in [-0.2, -0.15) is 0 Å². The molecule has 28 heavy (non-hydrogen) atoms. The number of hydrogen-bond acceptors (Lipinski definition) is 4. The normalized spacial score (nSPS) is 10.8. The van der Waals surface area contributed by atoms with E-state index in [-0.39, 0.29) is 0 Å². The lowest BCUT2D eigenvalue weighted by Gasteiger charge is -2.07. The molecular formula is C23H20ClNO3. The topological polar surface area (TPSA) is 47.9 Å². The molecule has 0 aliphatic rings. The zero-order chi connectivity index (χ0) is 19.8. The Morgan fingerprint density at radius 2 is 1.57 bits per heavy atom. The van der Waals surface area contributed by atoms with E-state index in [9.17, 15) is 4.79 Å². The molecule has 0 unspecified atom stereocenters. The Morgan fingerprint density at radius 3 is 2.21 bits per heavy atom. The minimum atomic E-state index is -0.412. The number of esters is 1. The van der Waals surface area contributed by atoms with Crippen LogP contribution in [0.3, 0.4) is 0 Å². The number of rotatable bonds is 7. The average molecular weight is 394 g/mol. The van der Waals surface area contributed by atoms with Crippen LogP contribution in [0.25, 0.3) is 0 Å². The van der Waals surface area contributed by atoms with E-state index in [4.69, 9.17) is 21.1 Å².